The van der Waals surface area contributed by atoms with Crippen LogP contribution in [0, 0.1) is 11.7 Å². The predicted octanol–water partition coefficient (Wildman–Crippen LogP) is 4.29. The van der Waals surface area contributed by atoms with Crippen LogP contribution in [0.25, 0.3) is 0 Å². The first-order valence-corrected chi connectivity index (χ1v) is 7.02. The Labute approximate surface area is 117 Å². The van der Waals surface area contributed by atoms with Crippen LogP contribution in [0.5, 0.6) is 5.75 Å². The molecule has 0 saturated heterocycles. The lowest BCUT2D eigenvalue weighted by atomic mass is 9.94. The van der Waals surface area contributed by atoms with Gasteiger partial charge in [0.15, 0.2) is 0 Å². The van der Waals surface area contributed by atoms with Crippen LogP contribution in [0.3, 0.4) is 0 Å². The molecule has 0 heterocycles. The molecule has 1 rings (SSSR count). The number of rotatable bonds is 6. The minimum Gasteiger partial charge on any atom is -0.496 e. The zero-order valence-electron chi connectivity index (χ0n) is 11.4. The van der Waals surface area contributed by atoms with Gasteiger partial charge >= 0.3 is 0 Å². The van der Waals surface area contributed by atoms with Crippen LogP contribution < -0.4 is 10.1 Å². The molecular weight excluding hydrogens is 297 g/mol. The van der Waals surface area contributed by atoms with Crippen molar-refractivity contribution in [2.24, 2.45) is 5.92 Å². The fourth-order valence-electron chi connectivity index (χ4n) is 1.96. The Morgan fingerprint density at radius 2 is 2.11 bits per heavy atom. The summed E-state index contributed by atoms with van der Waals surface area (Å²) in [5.41, 5.74) is 0.994. The van der Waals surface area contributed by atoms with Gasteiger partial charge in [-0.2, -0.15) is 0 Å². The molecule has 0 radical (unpaired) electrons. The molecule has 0 aliphatic rings. The Morgan fingerprint density at radius 3 is 2.61 bits per heavy atom. The minimum absolute atomic E-state index is 0.173. The van der Waals surface area contributed by atoms with Crippen molar-refractivity contribution >= 4 is 15.9 Å². The lowest BCUT2D eigenvalue weighted by molar-refractivity contribution is 0.377. The Hall–Kier alpha value is -0.610. The molecule has 4 heteroatoms. The molecule has 0 fully saturated rings. The number of nitrogens with one attached hydrogen (secondary N) is 1. The Bertz CT molecular complexity index is 398. The van der Waals surface area contributed by atoms with Gasteiger partial charge in [0.05, 0.1) is 11.6 Å². The molecular formula is C14H21BrFNO. The van der Waals surface area contributed by atoms with Crippen LogP contribution in [-0.2, 0) is 0 Å². The maximum Gasteiger partial charge on any atom is 0.141 e. The maximum absolute atomic E-state index is 13.5. The van der Waals surface area contributed by atoms with Gasteiger partial charge in [-0.25, -0.2) is 4.39 Å². The summed E-state index contributed by atoms with van der Waals surface area (Å²) in [4.78, 5) is 0. The van der Waals surface area contributed by atoms with E-state index in [1.165, 1.54) is 6.07 Å². The van der Waals surface area contributed by atoms with E-state index in [2.05, 4.69) is 35.1 Å². The van der Waals surface area contributed by atoms with E-state index in [4.69, 9.17) is 4.74 Å². The lowest BCUT2D eigenvalue weighted by Crippen LogP contribution is -2.19. The topological polar surface area (TPSA) is 21.3 Å². The summed E-state index contributed by atoms with van der Waals surface area (Å²) in [6, 6.07) is 3.41. The number of hydrogen-bond acceptors (Lipinski definition) is 2. The number of hydrogen-bond donors (Lipinski definition) is 1. The van der Waals surface area contributed by atoms with Gasteiger partial charge in [0, 0.05) is 17.7 Å². The van der Waals surface area contributed by atoms with Crippen molar-refractivity contribution in [3.8, 4) is 5.75 Å². The molecule has 1 N–H and O–H groups in total. The van der Waals surface area contributed by atoms with Crippen molar-refractivity contribution in [3.63, 3.8) is 0 Å². The van der Waals surface area contributed by atoms with E-state index in [0.717, 1.165) is 18.4 Å². The van der Waals surface area contributed by atoms with Crippen molar-refractivity contribution in [1.82, 2.24) is 5.32 Å². The summed E-state index contributed by atoms with van der Waals surface area (Å²) in [5, 5.41) is 3.28. The summed E-state index contributed by atoms with van der Waals surface area (Å²) in [5.74, 6) is 0.906. The minimum atomic E-state index is -0.297. The van der Waals surface area contributed by atoms with Crippen molar-refractivity contribution in [1.29, 1.82) is 0 Å². The molecule has 102 valence electrons. The second kappa shape index (κ2) is 7.10. The first-order chi connectivity index (χ1) is 8.53. The van der Waals surface area contributed by atoms with Gasteiger partial charge < -0.3 is 10.1 Å². The molecule has 18 heavy (non-hydrogen) atoms. The molecule has 0 aliphatic carbocycles. The smallest absolute Gasteiger partial charge is 0.141 e. The molecule has 2 unspecified atom stereocenters. The normalized spacial score (nSPS) is 14.3. The van der Waals surface area contributed by atoms with Crippen molar-refractivity contribution in [3.05, 3.63) is 28.0 Å². The van der Waals surface area contributed by atoms with Crippen LogP contribution in [0.2, 0.25) is 0 Å². The van der Waals surface area contributed by atoms with Crippen LogP contribution in [0.1, 0.15) is 38.3 Å². The molecule has 0 amide bonds. The van der Waals surface area contributed by atoms with Crippen molar-refractivity contribution in [2.75, 3.05) is 14.2 Å². The third-order valence-electron chi connectivity index (χ3n) is 3.33. The van der Waals surface area contributed by atoms with Gasteiger partial charge in [-0.3, -0.25) is 0 Å². The molecule has 0 aromatic heterocycles. The molecule has 2 nitrogen and oxygen atoms in total. The molecule has 1 aromatic carbocycles. The van der Waals surface area contributed by atoms with E-state index in [1.54, 1.807) is 13.2 Å². The quantitative estimate of drug-likeness (QED) is 0.845. The number of halogens is 2. The van der Waals surface area contributed by atoms with Crippen LogP contribution in [-0.4, -0.2) is 14.2 Å². The van der Waals surface area contributed by atoms with E-state index >= 15 is 0 Å². The van der Waals surface area contributed by atoms with E-state index in [0.29, 0.717) is 16.1 Å². The Balaban J connectivity index is 3.07. The standard InChI is InChI=1S/C14H21BrFNO/c1-5-9(2)6-13(17-3)10-7-11(15)12(16)8-14(10)18-4/h7-9,13,17H,5-6H2,1-4H3. The summed E-state index contributed by atoms with van der Waals surface area (Å²) in [6.45, 7) is 4.39. The Kier molecular flexibility index (Phi) is 6.09. The maximum atomic E-state index is 13.5. The summed E-state index contributed by atoms with van der Waals surface area (Å²) in [7, 11) is 3.49. The molecule has 1 aromatic rings. The zero-order valence-corrected chi connectivity index (χ0v) is 13.0. The van der Waals surface area contributed by atoms with Gasteiger partial charge in [-0.15, -0.1) is 0 Å². The van der Waals surface area contributed by atoms with E-state index in [9.17, 15) is 4.39 Å². The zero-order chi connectivity index (χ0) is 13.7. The fourth-order valence-corrected chi connectivity index (χ4v) is 2.32. The third-order valence-corrected chi connectivity index (χ3v) is 3.94. The van der Waals surface area contributed by atoms with Crippen LogP contribution in [0.15, 0.2) is 16.6 Å². The van der Waals surface area contributed by atoms with Crippen molar-refractivity contribution < 1.29 is 9.13 Å². The average molecular weight is 318 g/mol. The van der Waals surface area contributed by atoms with E-state index < -0.39 is 0 Å². The first-order valence-electron chi connectivity index (χ1n) is 6.23. The molecule has 2 atom stereocenters. The van der Waals surface area contributed by atoms with Crippen LogP contribution in [0.4, 0.5) is 4.39 Å². The van der Waals surface area contributed by atoms with Gasteiger partial charge in [-0.1, -0.05) is 20.3 Å². The van der Waals surface area contributed by atoms with E-state index in [-0.39, 0.29) is 11.9 Å². The summed E-state index contributed by atoms with van der Waals surface area (Å²) in [6.07, 6.45) is 2.13. The third kappa shape index (κ3) is 3.69. The van der Waals surface area contributed by atoms with E-state index in [1.807, 2.05) is 7.05 Å². The molecule has 0 bridgehead atoms. The Morgan fingerprint density at radius 1 is 1.44 bits per heavy atom. The van der Waals surface area contributed by atoms with Gasteiger partial charge in [0.2, 0.25) is 0 Å². The molecule has 0 spiro atoms. The SMILES string of the molecule is CCC(C)CC(NC)c1cc(Br)c(F)cc1OC. The van der Waals surface area contributed by atoms with Gasteiger partial charge in [0.1, 0.15) is 11.6 Å². The largest absolute Gasteiger partial charge is 0.496 e. The fraction of sp³-hybridized carbons (Fsp3) is 0.571. The first kappa shape index (κ1) is 15.4. The van der Waals surface area contributed by atoms with Crippen molar-refractivity contribution in [2.45, 2.75) is 32.7 Å². The highest BCUT2D eigenvalue weighted by Gasteiger charge is 2.19. The second-order valence-electron chi connectivity index (χ2n) is 4.60. The molecule has 0 saturated carbocycles. The summed E-state index contributed by atoms with van der Waals surface area (Å²) >= 11 is 3.23. The number of benzene rings is 1. The number of methoxy groups -OCH3 is 1. The average Bonchev–Trinajstić information content (AvgIpc) is 2.38. The predicted molar refractivity (Wildman–Crippen MR) is 76.5 cm³/mol. The monoisotopic (exact) mass is 317 g/mol. The lowest BCUT2D eigenvalue weighted by Gasteiger charge is -2.22. The highest BCUT2D eigenvalue weighted by atomic mass is 79.9. The highest BCUT2D eigenvalue weighted by molar-refractivity contribution is 9.10. The highest BCUT2D eigenvalue weighted by Crippen LogP contribution is 2.33. The number of ether oxygens (including phenoxy) is 1. The van der Waals surface area contributed by atoms with Crippen LogP contribution >= 0.6 is 15.9 Å². The second-order valence-corrected chi connectivity index (χ2v) is 5.45. The molecule has 0 aliphatic heterocycles. The van der Waals surface area contributed by atoms with Gasteiger partial charge in [0.25, 0.3) is 0 Å². The van der Waals surface area contributed by atoms with Gasteiger partial charge in [-0.05, 0) is 41.4 Å². The summed E-state index contributed by atoms with van der Waals surface area (Å²) < 4.78 is 19.2.